The van der Waals surface area contributed by atoms with Gasteiger partial charge in [-0.3, -0.25) is 9.89 Å². The van der Waals surface area contributed by atoms with Crippen LogP contribution in [0.3, 0.4) is 0 Å². The highest BCUT2D eigenvalue weighted by Crippen LogP contribution is 2.42. The summed E-state index contributed by atoms with van der Waals surface area (Å²) in [5.41, 5.74) is 14.2. The molecule has 112 valence electrons. The lowest BCUT2D eigenvalue weighted by Gasteiger charge is -2.51. The van der Waals surface area contributed by atoms with Crippen LogP contribution in [0.5, 0.6) is 0 Å². The largest absolute Gasteiger partial charge is 0.397 e. The van der Waals surface area contributed by atoms with Gasteiger partial charge in [-0.2, -0.15) is 0 Å². The van der Waals surface area contributed by atoms with E-state index in [0.717, 1.165) is 37.3 Å². The van der Waals surface area contributed by atoms with Gasteiger partial charge in [-0.05, 0) is 31.7 Å². The van der Waals surface area contributed by atoms with E-state index in [1.807, 2.05) is 0 Å². The van der Waals surface area contributed by atoms with Crippen molar-refractivity contribution in [3.63, 3.8) is 0 Å². The Hall–Kier alpha value is -0.910. The van der Waals surface area contributed by atoms with E-state index in [1.54, 1.807) is 0 Å². The van der Waals surface area contributed by atoms with Crippen molar-refractivity contribution in [3.05, 3.63) is 11.8 Å². The molecule has 1 spiro atoms. The molecule has 5 nitrogen and oxygen atoms in total. The third kappa shape index (κ3) is 1.91. The molecule has 5 heteroatoms. The molecule has 0 amide bonds. The van der Waals surface area contributed by atoms with Gasteiger partial charge in [-0.1, -0.05) is 19.9 Å². The summed E-state index contributed by atoms with van der Waals surface area (Å²) in [5, 5.41) is 3.69. The summed E-state index contributed by atoms with van der Waals surface area (Å²) in [7, 11) is 0. The highest BCUT2D eigenvalue weighted by atomic mass is 15.4. The molecule has 3 rings (SSSR count). The maximum atomic E-state index is 6.27. The Morgan fingerprint density at radius 1 is 1.55 bits per heavy atom. The summed E-state index contributed by atoms with van der Waals surface area (Å²) in [5.74, 6) is 0.600. The second kappa shape index (κ2) is 5.13. The molecular formula is C15H27N5. The van der Waals surface area contributed by atoms with Crippen molar-refractivity contribution >= 4 is 5.71 Å². The second-order valence-electron chi connectivity index (χ2n) is 6.67. The molecule has 0 saturated carbocycles. The van der Waals surface area contributed by atoms with Gasteiger partial charge in [0.05, 0.1) is 16.9 Å². The lowest BCUT2D eigenvalue weighted by Crippen LogP contribution is -2.69. The lowest BCUT2D eigenvalue weighted by atomic mass is 9.72. The van der Waals surface area contributed by atoms with E-state index in [2.05, 4.69) is 30.1 Å². The first-order valence-electron chi connectivity index (χ1n) is 7.84. The van der Waals surface area contributed by atoms with Crippen LogP contribution in [-0.2, 0) is 0 Å². The molecule has 1 saturated heterocycles. The van der Waals surface area contributed by atoms with Gasteiger partial charge < -0.3 is 16.8 Å². The van der Waals surface area contributed by atoms with Crippen LogP contribution in [-0.4, -0.2) is 48.0 Å². The Balaban J connectivity index is 2.04. The number of hydrogen-bond acceptors (Lipinski definition) is 5. The van der Waals surface area contributed by atoms with Crippen LogP contribution in [0.1, 0.15) is 33.1 Å². The van der Waals surface area contributed by atoms with Gasteiger partial charge in [0.25, 0.3) is 0 Å². The van der Waals surface area contributed by atoms with Gasteiger partial charge in [0, 0.05) is 19.1 Å². The van der Waals surface area contributed by atoms with E-state index in [0.29, 0.717) is 18.5 Å². The molecule has 0 radical (unpaired) electrons. The van der Waals surface area contributed by atoms with Crippen molar-refractivity contribution in [2.24, 2.45) is 22.4 Å². The first-order chi connectivity index (χ1) is 9.59. The quantitative estimate of drug-likeness (QED) is 0.698. The second-order valence-corrected chi connectivity index (χ2v) is 6.67. The van der Waals surface area contributed by atoms with Crippen LogP contribution in [0.25, 0.3) is 0 Å². The van der Waals surface area contributed by atoms with Gasteiger partial charge in [0.2, 0.25) is 0 Å². The third-order valence-corrected chi connectivity index (χ3v) is 4.88. The minimum absolute atomic E-state index is 0.0224. The summed E-state index contributed by atoms with van der Waals surface area (Å²) in [6.07, 6.45) is 5.53. The summed E-state index contributed by atoms with van der Waals surface area (Å²) in [4.78, 5) is 7.43. The highest BCUT2D eigenvalue weighted by molar-refractivity contribution is 6.09. The van der Waals surface area contributed by atoms with Crippen molar-refractivity contribution in [3.8, 4) is 0 Å². The van der Waals surface area contributed by atoms with Crippen LogP contribution >= 0.6 is 0 Å². The molecule has 1 aliphatic carbocycles. The molecule has 1 fully saturated rings. The van der Waals surface area contributed by atoms with E-state index < -0.39 is 0 Å². The summed E-state index contributed by atoms with van der Waals surface area (Å²) < 4.78 is 0. The summed E-state index contributed by atoms with van der Waals surface area (Å²) >= 11 is 0. The Morgan fingerprint density at radius 3 is 3.05 bits per heavy atom. The smallest absolute Gasteiger partial charge is 0.116 e. The fraction of sp³-hybridized carbons (Fsp3) is 0.800. The molecule has 0 bridgehead atoms. The SMILES string of the molecule is CC(C)CN1C(CN)N=C2C(N)=CCC3NCCCC231. The first kappa shape index (κ1) is 14.0. The standard InChI is InChI=1S/C15H27N5/c1-10(2)9-20-13(8-16)19-14-11(17)4-5-12-15(14,20)6-3-7-18-12/h4,10,12-13,18H,3,5-9,16-17H2,1-2H3. The van der Waals surface area contributed by atoms with E-state index in [1.165, 1.54) is 6.42 Å². The van der Waals surface area contributed by atoms with Crippen LogP contribution in [0.15, 0.2) is 16.8 Å². The van der Waals surface area contributed by atoms with E-state index >= 15 is 0 Å². The number of nitrogens with one attached hydrogen (secondary N) is 1. The zero-order valence-electron chi connectivity index (χ0n) is 12.6. The van der Waals surface area contributed by atoms with Gasteiger partial charge in [-0.15, -0.1) is 0 Å². The Bertz CT molecular complexity index is 442. The maximum absolute atomic E-state index is 6.27. The topological polar surface area (TPSA) is 79.7 Å². The molecule has 2 aliphatic heterocycles. The molecule has 0 aromatic rings. The Kier molecular flexibility index (Phi) is 3.60. The van der Waals surface area contributed by atoms with Crippen LogP contribution in [0.2, 0.25) is 0 Å². The van der Waals surface area contributed by atoms with Gasteiger partial charge in [0.15, 0.2) is 0 Å². The first-order valence-corrected chi connectivity index (χ1v) is 7.84. The van der Waals surface area contributed by atoms with Crippen LogP contribution in [0.4, 0.5) is 0 Å². The highest BCUT2D eigenvalue weighted by Gasteiger charge is 2.56. The van der Waals surface area contributed by atoms with E-state index in [-0.39, 0.29) is 11.7 Å². The Morgan fingerprint density at radius 2 is 2.35 bits per heavy atom. The fourth-order valence-electron chi connectivity index (χ4n) is 4.14. The maximum Gasteiger partial charge on any atom is 0.116 e. The summed E-state index contributed by atoms with van der Waals surface area (Å²) in [6.45, 7) is 7.21. The average molecular weight is 277 g/mol. The van der Waals surface area contributed by atoms with Gasteiger partial charge in [0.1, 0.15) is 6.17 Å². The monoisotopic (exact) mass is 277 g/mol. The summed E-state index contributed by atoms with van der Waals surface area (Å²) in [6, 6.07) is 0.428. The number of rotatable bonds is 3. The number of nitrogens with two attached hydrogens (primary N) is 2. The number of hydrogen-bond donors (Lipinski definition) is 3. The lowest BCUT2D eigenvalue weighted by molar-refractivity contribution is 0.0526. The number of piperidine rings is 1. The molecule has 2 heterocycles. The zero-order chi connectivity index (χ0) is 14.3. The molecule has 0 aromatic carbocycles. The van der Waals surface area contributed by atoms with Crippen molar-refractivity contribution in [1.82, 2.24) is 10.2 Å². The van der Waals surface area contributed by atoms with Gasteiger partial charge in [-0.25, -0.2) is 0 Å². The third-order valence-electron chi connectivity index (χ3n) is 4.88. The zero-order valence-corrected chi connectivity index (χ0v) is 12.6. The molecule has 3 aliphatic rings. The average Bonchev–Trinajstić information content (AvgIpc) is 2.73. The van der Waals surface area contributed by atoms with Crippen molar-refractivity contribution in [2.45, 2.75) is 50.9 Å². The van der Waals surface area contributed by atoms with Crippen LogP contribution in [0, 0.1) is 5.92 Å². The molecule has 20 heavy (non-hydrogen) atoms. The van der Waals surface area contributed by atoms with E-state index in [9.17, 15) is 0 Å². The molecular weight excluding hydrogens is 250 g/mol. The number of aliphatic imine (C=N–C) groups is 1. The predicted octanol–water partition coefficient (Wildman–Crippen LogP) is 0.421. The minimum atomic E-state index is -0.0224. The fourth-order valence-corrected chi connectivity index (χ4v) is 4.14. The van der Waals surface area contributed by atoms with E-state index in [4.69, 9.17) is 16.5 Å². The van der Waals surface area contributed by atoms with Crippen molar-refractivity contribution in [1.29, 1.82) is 0 Å². The van der Waals surface area contributed by atoms with Crippen LogP contribution < -0.4 is 16.8 Å². The molecule has 0 aromatic heterocycles. The number of nitrogens with zero attached hydrogens (tertiary/aromatic N) is 2. The molecule has 3 unspecified atom stereocenters. The Labute approximate surface area is 121 Å². The van der Waals surface area contributed by atoms with Gasteiger partial charge >= 0.3 is 0 Å². The predicted molar refractivity (Wildman–Crippen MR) is 82.5 cm³/mol. The molecule has 3 atom stereocenters. The molecule has 5 N–H and O–H groups in total. The van der Waals surface area contributed by atoms with Crippen molar-refractivity contribution < 1.29 is 0 Å². The normalized spacial score (nSPS) is 37.4. The van der Waals surface area contributed by atoms with Crippen molar-refractivity contribution in [2.75, 3.05) is 19.6 Å². The minimum Gasteiger partial charge on any atom is -0.397 e.